The number of hydrogen-bond acceptors (Lipinski definition) is 4. The van der Waals surface area contributed by atoms with Crippen LogP contribution in [0, 0.1) is 5.82 Å². The molecule has 1 aromatic rings. The Morgan fingerprint density at radius 3 is 2.61 bits per heavy atom. The molecule has 0 heterocycles. The highest BCUT2D eigenvalue weighted by atomic mass is 127. The molecule has 1 rings (SSSR count). The van der Waals surface area contributed by atoms with Gasteiger partial charge >= 0.3 is 0 Å². The van der Waals surface area contributed by atoms with Crippen molar-refractivity contribution in [3.63, 3.8) is 0 Å². The van der Waals surface area contributed by atoms with E-state index < -0.39 is 0 Å². The first-order valence-corrected chi connectivity index (χ1v) is 10.9. The van der Waals surface area contributed by atoms with Gasteiger partial charge in [0.25, 0.3) is 0 Å². The second kappa shape index (κ2) is 16.2. The molecule has 0 radical (unpaired) electrons. The summed E-state index contributed by atoms with van der Waals surface area (Å²) in [5, 5.41) is 6.65. The fourth-order valence-electron chi connectivity index (χ4n) is 2.64. The minimum atomic E-state index is -0.197. The van der Waals surface area contributed by atoms with Crippen molar-refractivity contribution in [3.8, 4) is 0 Å². The molecule has 1 aromatic carbocycles. The van der Waals surface area contributed by atoms with Crippen molar-refractivity contribution in [2.24, 2.45) is 4.99 Å². The molecule has 0 aliphatic heterocycles. The monoisotopic (exact) mass is 526 g/mol. The second-order valence-corrected chi connectivity index (χ2v) is 7.46. The first-order chi connectivity index (χ1) is 13.0. The summed E-state index contributed by atoms with van der Waals surface area (Å²) >= 11 is 1.68. The molecule has 8 heteroatoms. The zero-order valence-corrected chi connectivity index (χ0v) is 20.9. The molecule has 0 aromatic heterocycles. The molecule has 28 heavy (non-hydrogen) atoms. The number of nitrogens with zero attached hydrogens (tertiary/aromatic N) is 2. The van der Waals surface area contributed by atoms with Gasteiger partial charge in [-0.3, -0.25) is 0 Å². The largest absolute Gasteiger partial charge is 0.377 e. The van der Waals surface area contributed by atoms with Gasteiger partial charge in [0, 0.05) is 32.0 Å². The molecular formula is C20H36FIN4OS. The van der Waals surface area contributed by atoms with E-state index in [9.17, 15) is 4.39 Å². The maximum atomic E-state index is 13.5. The number of nitrogens with one attached hydrogen (secondary N) is 2. The third kappa shape index (κ3) is 11.4. The molecular weight excluding hydrogens is 490 g/mol. The molecule has 162 valence electrons. The van der Waals surface area contributed by atoms with Gasteiger partial charge in [-0.25, -0.2) is 9.38 Å². The number of aliphatic imine (C=N–C) groups is 1. The maximum Gasteiger partial charge on any atom is 0.191 e. The maximum absolute atomic E-state index is 13.5. The summed E-state index contributed by atoms with van der Waals surface area (Å²) in [4.78, 5) is 6.84. The number of thioether (sulfide) groups is 1. The van der Waals surface area contributed by atoms with E-state index in [1.807, 2.05) is 26.2 Å². The number of hydrogen-bond donors (Lipinski definition) is 2. The van der Waals surface area contributed by atoms with Gasteiger partial charge in [0.05, 0.1) is 12.6 Å². The summed E-state index contributed by atoms with van der Waals surface area (Å²) in [5.41, 5.74) is 2.05. The Morgan fingerprint density at radius 2 is 2.00 bits per heavy atom. The molecule has 0 bridgehead atoms. The highest BCUT2D eigenvalue weighted by molar-refractivity contribution is 14.0. The smallest absolute Gasteiger partial charge is 0.191 e. The molecule has 5 nitrogen and oxygen atoms in total. The predicted octanol–water partition coefficient (Wildman–Crippen LogP) is 3.72. The number of halogens is 2. The first-order valence-electron chi connectivity index (χ1n) is 9.54. The lowest BCUT2D eigenvalue weighted by molar-refractivity contribution is 0.0548. The lowest BCUT2D eigenvalue weighted by Gasteiger charge is -2.21. The topological polar surface area (TPSA) is 48.9 Å². The Labute approximate surface area is 191 Å². The summed E-state index contributed by atoms with van der Waals surface area (Å²) < 4.78 is 19.3. The zero-order valence-electron chi connectivity index (χ0n) is 17.8. The van der Waals surface area contributed by atoms with Crippen LogP contribution in [0.1, 0.15) is 31.4 Å². The molecule has 0 saturated heterocycles. The Morgan fingerprint density at radius 1 is 1.25 bits per heavy atom. The van der Waals surface area contributed by atoms with Gasteiger partial charge in [0.2, 0.25) is 0 Å². The van der Waals surface area contributed by atoms with Gasteiger partial charge in [-0.2, -0.15) is 11.8 Å². The zero-order chi connectivity index (χ0) is 20.1. The van der Waals surface area contributed by atoms with Crippen molar-refractivity contribution in [2.45, 2.75) is 38.7 Å². The minimum Gasteiger partial charge on any atom is -0.377 e. The highest BCUT2D eigenvalue weighted by Crippen LogP contribution is 2.17. The highest BCUT2D eigenvalue weighted by Gasteiger charge is 2.10. The van der Waals surface area contributed by atoms with Crippen LogP contribution in [0.2, 0.25) is 0 Å². The fraction of sp³-hybridized carbons (Fsp3) is 0.650. The van der Waals surface area contributed by atoms with Gasteiger partial charge in [-0.1, -0.05) is 6.07 Å². The fourth-order valence-corrected chi connectivity index (χ4v) is 3.22. The minimum absolute atomic E-state index is 0. The Hall–Kier alpha value is -0.580. The first kappa shape index (κ1) is 27.4. The lowest BCUT2D eigenvalue weighted by Crippen LogP contribution is -2.42. The second-order valence-electron chi connectivity index (χ2n) is 6.59. The number of benzene rings is 1. The number of rotatable bonds is 12. The molecule has 0 aliphatic carbocycles. The van der Waals surface area contributed by atoms with Gasteiger partial charge in [0.15, 0.2) is 5.96 Å². The number of ether oxygens (including phenoxy) is 1. The van der Waals surface area contributed by atoms with Crippen LogP contribution >= 0.6 is 35.7 Å². The van der Waals surface area contributed by atoms with E-state index in [0.29, 0.717) is 19.7 Å². The third-order valence-electron chi connectivity index (χ3n) is 4.02. The van der Waals surface area contributed by atoms with Crippen LogP contribution in [-0.2, 0) is 17.0 Å². The molecule has 2 N–H and O–H groups in total. The quantitative estimate of drug-likeness (QED) is 0.247. The van der Waals surface area contributed by atoms with Crippen LogP contribution in [-0.4, -0.2) is 63.6 Å². The van der Waals surface area contributed by atoms with Gasteiger partial charge in [-0.15, -0.1) is 24.0 Å². The van der Waals surface area contributed by atoms with Gasteiger partial charge < -0.3 is 20.3 Å². The van der Waals surface area contributed by atoms with E-state index in [-0.39, 0.29) is 35.9 Å². The van der Waals surface area contributed by atoms with Crippen LogP contribution < -0.4 is 10.6 Å². The summed E-state index contributed by atoms with van der Waals surface area (Å²) in [7, 11) is 4.13. The van der Waals surface area contributed by atoms with E-state index in [1.165, 1.54) is 6.07 Å². The molecule has 1 unspecified atom stereocenters. The van der Waals surface area contributed by atoms with Crippen LogP contribution in [0.15, 0.2) is 23.2 Å². The molecule has 0 amide bonds. The van der Waals surface area contributed by atoms with Crippen molar-refractivity contribution in [2.75, 3.05) is 46.6 Å². The molecule has 0 aliphatic rings. The van der Waals surface area contributed by atoms with E-state index in [1.54, 1.807) is 17.8 Å². The molecule has 0 saturated carbocycles. The standard InChI is InChI=1S/C20H35FN4OS.HI/c1-6-22-20(24-14-19(26-7-2)10-11-25(3)4)23-13-16-8-9-18(21)12-17(16)15-27-5;/h8-9,12,19H,6-7,10-11,13-15H2,1-5H3,(H2,22,23,24);1H. The Balaban J connectivity index is 0.00000729. The van der Waals surface area contributed by atoms with Crippen molar-refractivity contribution in [1.82, 2.24) is 15.5 Å². The van der Waals surface area contributed by atoms with Crippen molar-refractivity contribution in [3.05, 3.63) is 35.1 Å². The summed E-state index contributed by atoms with van der Waals surface area (Å²) in [6, 6.07) is 4.93. The van der Waals surface area contributed by atoms with Crippen LogP contribution in [0.25, 0.3) is 0 Å². The predicted molar refractivity (Wildman–Crippen MR) is 130 cm³/mol. The summed E-state index contributed by atoms with van der Waals surface area (Å²) in [6.07, 6.45) is 3.12. The van der Waals surface area contributed by atoms with Gasteiger partial charge in [-0.05, 0) is 63.9 Å². The molecule has 0 spiro atoms. The van der Waals surface area contributed by atoms with E-state index in [2.05, 4.69) is 34.6 Å². The van der Waals surface area contributed by atoms with E-state index in [0.717, 1.165) is 42.3 Å². The van der Waals surface area contributed by atoms with E-state index in [4.69, 9.17) is 4.74 Å². The van der Waals surface area contributed by atoms with Crippen LogP contribution in [0.4, 0.5) is 4.39 Å². The van der Waals surface area contributed by atoms with Crippen molar-refractivity contribution < 1.29 is 9.13 Å². The third-order valence-corrected chi connectivity index (χ3v) is 4.62. The van der Waals surface area contributed by atoms with Crippen LogP contribution in [0.3, 0.4) is 0 Å². The SMILES string of the molecule is CCNC(=NCc1ccc(F)cc1CSC)NCC(CCN(C)C)OCC.I. The average molecular weight is 527 g/mol. The lowest BCUT2D eigenvalue weighted by atomic mass is 10.1. The van der Waals surface area contributed by atoms with Gasteiger partial charge in [0.1, 0.15) is 5.82 Å². The van der Waals surface area contributed by atoms with Crippen molar-refractivity contribution >= 4 is 41.7 Å². The van der Waals surface area contributed by atoms with Crippen molar-refractivity contribution in [1.29, 1.82) is 0 Å². The summed E-state index contributed by atoms with van der Waals surface area (Å²) in [6.45, 7) is 7.74. The molecule has 1 atom stereocenters. The Bertz CT molecular complexity index is 575. The summed E-state index contributed by atoms with van der Waals surface area (Å²) in [5.74, 6) is 1.34. The molecule has 0 fully saturated rings. The number of guanidine groups is 1. The van der Waals surface area contributed by atoms with E-state index >= 15 is 0 Å². The Kier molecular flexibility index (Phi) is 15.9. The normalized spacial score (nSPS) is 12.6. The average Bonchev–Trinajstić information content (AvgIpc) is 2.63. The van der Waals surface area contributed by atoms with Crippen LogP contribution in [0.5, 0.6) is 0 Å².